The average molecular weight is 251 g/mol. The van der Waals surface area contributed by atoms with Crippen molar-refractivity contribution >= 4 is 16.0 Å². The molecule has 6 heteroatoms. The fourth-order valence-corrected chi connectivity index (χ4v) is 1.61. The fraction of sp³-hybridized carbons (Fsp3) is 0.400. The number of hydrogen-bond acceptors (Lipinski definition) is 3. The van der Waals surface area contributed by atoms with Crippen LogP contribution in [-0.4, -0.2) is 13.0 Å². The molecule has 1 aromatic rings. The van der Waals surface area contributed by atoms with Crippen molar-refractivity contribution in [2.75, 3.05) is 4.72 Å². The Morgan fingerprint density at radius 1 is 1.25 bits per heavy atom. The number of anilines is 1. The van der Waals surface area contributed by atoms with E-state index in [9.17, 15) is 13.0 Å². The zero-order chi connectivity index (χ0) is 11.7. The molecule has 0 aliphatic carbocycles. The number of rotatable bonds is 2. The summed E-state index contributed by atoms with van der Waals surface area (Å²) in [7, 11) is -4.44. The minimum absolute atomic E-state index is 0. The zero-order valence-corrected chi connectivity index (χ0v) is 12.8. The van der Waals surface area contributed by atoms with Crippen molar-refractivity contribution < 1.29 is 42.5 Å². The molecule has 84 valence electrons. The predicted octanol–water partition coefficient (Wildman–Crippen LogP) is -1.14. The number of benzene rings is 1. The van der Waals surface area contributed by atoms with Gasteiger partial charge in [0.1, 0.15) is 0 Å². The Morgan fingerprint density at radius 3 is 2.25 bits per heavy atom. The van der Waals surface area contributed by atoms with E-state index in [2.05, 4.69) is 0 Å². The van der Waals surface area contributed by atoms with Crippen LogP contribution < -0.4 is 34.3 Å². The van der Waals surface area contributed by atoms with Crippen LogP contribution in [0.25, 0.3) is 0 Å². The second kappa shape index (κ2) is 5.51. The van der Waals surface area contributed by atoms with Crippen molar-refractivity contribution in [2.45, 2.75) is 26.2 Å². The molecule has 16 heavy (non-hydrogen) atoms. The summed E-state index contributed by atoms with van der Waals surface area (Å²) in [5.41, 5.74) is 1.19. The molecule has 0 atom stereocenters. The summed E-state index contributed by atoms with van der Waals surface area (Å²) in [5.74, 6) is 0. The van der Waals surface area contributed by atoms with Gasteiger partial charge in [-0.2, -0.15) is 0 Å². The molecule has 4 nitrogen and oxygen atoms in total. The van der Waals surface area contributed by atoms with Crippen LogP contribution in [0.15, 0.2) is 24.3 Å². The van der Waals surface area contributed by atoms with Crippen molar-refractivity contribution in [3.05, 3.63) is 29.8 Å². The summed E-state index contributed by atoms with van der Waals surface area (Å²) < 4.78 is 33.4. The molecule has 1 N–H and O–H groups in total. The Kier molecular flexibility index (Phi) is 5.49. The summed E-state index contributed by atoms with van der Waals surface area (Å²) >= 11 is 0. The molecule has 0 fully saturated rings. The molecule has 0 aliphatic rings. The summed E-state index contributed by atoms with van der Waals surface area (Å²) in [6, 6.07) is 6.82. The second-order valence-corrected chi connectivity index (χ2v) is 5.50. The first kappa shape index (κ1) is 15.9. The first-order valence-corrected chi connectivity index (χ1v) is 5.93. The molecule has 0 saturated carbocycles. The minimum Gasteiger partial charge on any atom is -0.731 e. The van der Waals surface area contributed by atoms with Crippen molar-refractivity contribution in [1.29, 1.82) is 0 Å². The number of nitrogens with one attached hydrogen (secondary N) is 1. The average Bonchev–Trinajstić information content (AvgIpc) is 1.99. The van der Waals surface area contributed by atoms with E-state index in [-0.39, 0.29) is 35.0 Å². The van der Waals surface area contributed by atoms with Crippen molar-refractivity contribution in [3.8, 4) is 0 Å². The zero-order valence-electron chi connectivity index (χ0n) is 9.94. The third-order valence-corrected chi connectivity index (χ3v) is 2.46. The topological polar surface area (TPSA) is 69.2 Å². The molecule has 0 radical (unpaired) electrons. The Bertz CT molecular complexity index is 451. The third kappa shape index (κ3) is 5.32. The molecule has 0 amide bonds. The predicted molar refractivity (Wildman–Crippen MR) is 58.5 cm³/mol. The van der Waals surface area contributed by atoms with Gasteiger partial charge < -0.3 is 4.55 Å². The number of hydrogen-bond donors (Lipinski definition) is 1. The van der Waals surface area contributed by atoms with Gasteiger partial charge in [0.15, 0.2) is 10.3 Å². The molecular formula is C10H14NNaO3S. The quantitative estimate of drug-likeness (QED) is 0.533. The first-order valence-electron chi connectivity index (χ1n) is 4.53. The van der Waals surface area contributed by atoms with Crippen LogP contribution in [0.2, 0.25) is 0 Å². The normalized spacial score (nSPS) is 11.8. The summed E-state index contributed by atoms with van der Waals surface area (Å²) in [4.78, 5) is 0. The van der Waals surface area contributed by atoms with E-state index < -0.39 is 10.3 Å². The maximum Gasteiger partial charge on any atom is 1.00 e. The maximum atomic E-state index is 10.5. The van der Waals surface area contributed by atoms with Crippen LogP contribution in [0.5, 0.6) is 0 Å². The van der Waals surface area contributed by atoms with Crippen molar-refractivity contribution in [2.24, 2.45) is 0 Å². The molecule has 0 aliphatic heterocycles. The van der Waals surface area contributed by atoms with Crippen molar-refractivity contribution in [3.63, 3.8) is 0 Å². The first-order chi connectivity index (χ1) is 6.68. The Labute approximate surface area is 119 Å². The van der Waals surface area contributed by atoms with Crippen LogP contribution in [0, 0.1) is 0 Å². The molecule has 0 saturated heterocycles. The molecule has 0 bridgehead atoms. The monoisotopic (exact) mass is 251 g/mol. The van der Waals surface area contributed by atoms with Crippen LogP contribution in [-0.2, 0) is 15.7 Å². The Hall–Kier alpha value is -0.0700. The van der Waals surface area contributed by atoms with Crippen LogP contribution in [0.1, 0.15) is 26.3 Å². The van der Waals surface area contributed by atoms with Gasteiger partial charge in [-0.25, -0.2) is 8.42 Å². The van der Waals surface area contributed by atoms with E-state index >= 15 is 0 Å². The van der Waals surface area contributed by atoms with Crippen LogP contribution in [0.4, 0.5) is 5.69 Å². The van der Waals surface area contributed by atoms with Gasteiger partial charge in [0, 0.05) is 5.69 Å². The van der Waals surface area contributed by atoms with E-state index in [1.54, 1.807) is 18.2 Å². The van der Waals surface area contributed by atoms with E-state index in [1.807, 2.05) is 31.6 Å². The van der Waals surface area contributed by atoms with Crippen LogP contribution >= 0.6 is 0 Å². The molecular weight excluding hydrogens is 237 g/mol. The van der Waals surface area contributed by atoms with Gasteiger partial charge in [-0.1, -0.05) is 32.9 Å². The molecule has 0 spiro atoms. The van der Waals surface area contributed by atoms with Gasteiger partial charge in [-0.15, -0.1) is 0 Å². The molecule has 1 aromatic carbocycles. The van der Waals surface area contributed by atoms with Crippen LogP contribution in [0.3, 0.4) is 0 Å². The minimum atomic E-state index is -4.44. The molecule has 0 unspecified atom stereocenters. The Morgan fingerprint density at radius 2 is 1.81 bits per heavy atom. The van der Waals surface area contributed by atoms with E-state index in [0.717, 1.165) is 5.56 Å². The van der Waals surface area contributed by atoms with Gasteiger partial charge in [0.25, 0.3) is 0 Å². The molecule has 0 heterocycles. The van der Waals surface area contributed by atoms with Gasteiger partial charge in [-0.3, -0.25) is 4.72 Å². The molecule has 1 rings (SSSR count). The summed E-state index contributed by atoms with van der Waals surface area (Å²) in [6.07, 6.45) is 0. The maximum absolute atomic E-state index is 10.5. The van der Waals surface area contributed by atoms with Crippen molar-refractivity contribution in [1.82, 2.24) is 0 Å². The molecule has 0 aromatic heterocycles. The smallest absolute Gasteiger partial charge is 0.731 e. The second-order valence-electron chi connectivity index (χ2n) is 4.39. The third-order valence-electron chi connectivity index (χ3n) is 1.97. The van der Waals surface area contributed by atoms with Gasteiger partial charge >= 0.3 is 29.6 Å². The van der Waals surface area contributed by atoms with E-state index in [0.29, 0.717) is 5.69 Å². The van der Waals surface area contributed by atoms with E-state index in [4.69, 9.17) is 0 Å². The summed E-state index contributed by atoms with van der Waals surface area (Å²) in [6.45, 7) is 6.04. The van der Waals surface area contributed by atoms with Gasteiger partial charge in [-0.05, 0) is 23.1 Å². The van der Waals surface area contributed by atoms with E-state index in [1.165, 1.54) is 0 Å². The Balaban J connectivity index is 0.00000225. The van der Waals surface area contributed by atoms with Gasteiger partial charge in [0.05, 0.1) is 0 Å². The summed E-state index contributed by atoms with van der Waals surface area (Å²) in [5, 5.41) is 0. The largest absolute Gasteiger partial charge is 1.00 e. The SMILES string of the molecule is CC(C)(C)c1cccc(NS(=O)(=O)[O-])c1.[Na+]. The standard InChI is InChI=1S/C10H15NO3S.Na/c1-10(2,3)8-5-4-6-9(7-8)11-15(12,13)14;/h4-7,11H,1-3H3,(H,12,13,14);/q;+1/p-1. The van der Waals surface area contributed by atoms with Gasteiger partial charge in [0.2, 0.25) is 0 Å². The fourth-order valence-electron chi connectivity index (χ4n) is 1.19.